The van der Waals surface area contributed by atoms with Crippen LogP contribution in [0.15, 0.2) is 207 Å². The van der Waals surface area contributed by atoms with Crippen LogP contribution in [0.3, 0.4) is 0 Å². The molecule has 0 aliphatic carbocycles. The van der Waals surface area contributed by atoms with Gasteiger partial charge in [0, 0.05) is 21.9 Å². The highest BCUT2D eigenvalue weighted by molar-refractivity contribution is 6.15. The van der Waals surface area contributed by atoms with Crippen molar-refractivity contribution in [1.29, 1.82) is 0 Å². The molecule has 4 heteroatoms. The van der Waals surface area contributed by atoms with Crippen LogP contribution < -0.4 is 0 Å². The second-order valence-electron chi connectivity index (χ2n) is 14.1. The standard InChI is InChI=1S/C52H35N3O/c1-53-51(43-23-20-36-12-5-6-13-37(36)30-43)55-52(54-33-34-18-19-40-29-39(22-21-38(40)28-34)35-10-3-2-4-11-35)44-24-26-46-41(31-44)14-9-16-45(46)42-25-27-50-48(32-42)47-15-7-8-17-49(47)56-50/h2-32H,1,33H2/b54-52-,55-51-. The van der Waals surface area contributed by atoms with E-state index in [1.54, 1.807) is 0 Å². The van der Waals surface area contributed by atoms with Crippen molar-refractivity contribution in [2.75, 3.05) is 0 Å². The third-order valence-electron chi connectivity index (χ3n) is 10.6. The van der Waals surface area contributed by atoms with Gasteiger partial charge in [0.15, 0.2) is 11.7 Å². The predicted molar refractivity (Wildman–Crippen MR) is 236 cm³/mol. The molecule has 0 aliphatic rings. The lowest BCUT2D eigenvalue weighted by Gasteiger charge is -2.11. The monoisotopic (exact) mass is 717 g/mol. The summed E-state index contributed by atoms with van der Waals surface area (Å²) in [6.45, 7) is 4.39. The summed E-state index contributed by atoms with van der Waals surface area (Å²) in [5.74, 6) is 1.12. The SMILES string of the molecule is C=N/C(=N\C(=N/Cc1ccc2cc(-c3ccccc3)ccc2c1)c1ccc2c(-c3ccc4oc5ccccc5c4c3)cccc2c1)c1ccc2ccccc2c1. The summed E-state index contributed by atoms with van der Waals surface area (Å²) in [6.07, 6.45) is 0. The van der Waals surface area contributed by atoms with Crippen LogP contribution in [0.1, 0.15) is 16.7 Å². The number of fused-ring (bicyclic) bond motifs is 6. The normalized spacial score (nSPS) is 12.3. The molecule has 264 valence electrons. The van der Waals surface area contributed by atoms with Gasteiger partial charge >= 0.3 is 0 Å². The molecule has 0 saturated heterocycles. The minimum Gasteiger partial charge on any atom is -0.456 e. The maximum atomic E-state index is 6.13. The predicted octanol–water partition coefficient (Wildman–Crippen LogP) is 13.5. The second kappa shape index (κ2) is 14.1. The van der Waals surface area contributed by atoms with Crippen LogP contribution in [0.2, 0.25) is 0 Å². The van der Waals surface area contributed by atoms with Crippen molar-refractivity contribution in [1.82, 2.24) is 0 Å². The lowest BCUT2D eigenvalue weighted by Crippen LogP contribution is -2.06. The first-order valence-electron chi connectivity index (χ1n) is 18.8. The topological polar surface area (TPSA) is 50.2 Å². The molecular formula is C52H35N3O. The molecule has 0 saturated carbocycles. The zero-order valence-corrected chi connectivity index (χ0v) is 30.6. The Morgan fingerprint density at radius 1 is 0.429 bits per heavy atom. The van der Waals surface area contributed by atoms with Crippen molar-refractivity contribution in [3.63, 3.8) is 0 Å². The van der Waals surface area contributed by atoms with E-state index in [0.29, 0.717) is 18.2 Å². The van der Waals surface area contributed by atoms with E-state index in [0.717, 1.165) is 71.3 Å². The Bertz CT molecular complexity index is 3190. The lowest BCUT2D eigenvalue weighted by molar-refractivity contribution is 0.669. The molecule has 4 nitrogen and oxygen atoms in total. The zero-order valence-electron chi connectivity index (χ0n) is 30.6. The van der Waals surface area contributed by atoms with Crippen molar-refractivity contribution in [3.8, 4) is 22.3 Å². The van der Waals surface area contributed by atoms with E-state index >= 15 is 0 Å². The van der Waals surface area contributed by atoms with Gasteiger partial charge in [-0.05, 0) is 109 Å². The van der Waals surface area contributed by atoms with Crippen molar-refractivity contribution in [2.45, 2.75) is 6.54 Å². The smallest absolute Gasteiger partial charge is 0.161 e. The summed E-state index contributed by atoms with van der Waals surface area (Å²) in [4.78, 5) is 14.8. The molecule has 0 fully saturated rings. The van der Waals surface area contributed by atoms with Gasteiger partial charge in [-0.3, -0.25) is 4.99 Å². The maximum Gasteiger partial charge on any atom is 0.161 e. The molecule has 0 radical (unpaired) electrons. The summed E-state index contributed by atoms with van der Waals surface area (Å²) in [5.41, 5.74) is 9.37. The fourth-order valence-corrected chi connectivity index (χ4v) is 7.75. The van der Waals surface area contributed by atoms with E-state index in [-0.39, 0.29) is 0 Å². The van der Waals surface area contributed by atoms with Gasteiger partial charge < -0.3 is 4.42 Å². The molecular weight excluding hydrogens is 683 g/mol. The number of para-hydroxylation sites is 1. The molecule has 1 heterocycles. The number of hydrogen-bond acceptors (Lipinski definition) is 2. The molecule has 0 unspecified atom stereocenters. The number of rotatable bonds is 6. The number of hydrogen-bond donors (Lipinski definition) is 0. The number of benzene rings is 9. The Balaban J connectivity index is 1.05. The largest absolute Gasteiger partial charge is 0.456 e. The summed E-state index contributed by atoms with van der Waals surface area (Å²) in [7, 11) is 0. The Labute approximate surface area is 324 Å². The van der Waals surface area contributed by atoms with Crippen molar-refractivity contribution >= 4 is 72.6 Å². The van der Waals surface area contributed by atoms with Gasteiger partial charge in [-0.1, -0.05) is 146 Å². The molecule has 10 rings (SSSR count). The third kappa shape index (κ3) is 6.23. The average Bonchev–Trinajstić information content (AvgIpc) is 3.64. The number of furan rings is 1. The van der Waals surface area contributed by atoms with Crippen molar-refractivity contribution in [3.05, 3.63) is 205 Å². The highest BCUT2D eigenvalue weighted by Crippen LogP contribution is 2.35. The Morgan fingerprint density at radius 2 is 1.11 bits per heavy atom. The van der Waals surface area contributed by atoms with Gasteiger partial charge in [0.2, 0.25) is 0 Å². The molecule has 0 bridgehead atoms. The summed E-state index contributed by atoms with van der Waals surface area (Å²) in [6, 6.07) is 65.8. The maximum absolute atomic E-state index is 6.13. The Morgan fingerprint density at radius 3 is 2.02 bits per heavy atom. The number of amidine groups is 2. The van der Waals surface area contributed by atoms with Gasteiger partial charge in [-0.25, -0.2) is 9.98 Å². The fraction of sp³-hybridized carbons (Fsp3) is 0.0192. The van der Waals surface area contributed by atoms with Crippen LogP contribution in [-0.4, -0.2) is 18.4 Å². The fourth-order valence-electron chi connectivity index (χ4n) is 7.75. The van der Waals surface area contributed by atoms with E-state index in [9.17, 15) is 0 Å². The van der Waals surface area contributed by atoms with Gasteiger partial charge in [-0.2, -0.15) is 0 Å². The first-order valence-corrected chi connectivity index (χ1v) is 18.8. The minimum atomic E-state index is 0.452. The van der Waals surface area contributed by atoms with Crippen molar-refractivity contribution < 1.29 is 4.42 Å². The Kier molecular flexibility index (Phi) is 8.34. The highest BCUT2D eigenvalue weighted by atomic mass is 16.3. The minimum absolute atomic E-state index is 0.452. The number of aliphatic imine (C=N–C) groups is 3. The lowest BCUT2D eigenvalue weighted by atomic mass is 9.95. The van der Waals surface area contributed by atoms with Crippen LogP contribution >= 0.6 is 0 Å². The molecule has 0 atom stereocenters. The molecule has 9 aromatic carbocycles. The van der Waals surface area contributed by atoms with Gasteiger partial charge in [0.1, 0.15) is 11.2 Å². The van der Waals surface area contributed by atoms with Crippen LogP contribution in [0, 0.1) is 0 Å². The third-order valence-corrected chi connectivity index (χ3v) is 10.6. The molecule has 0 amide bonds. The molecule has 1 aromatic heterocycles. The van der Waals surface area contributed by atoms with Gasteiger partial charge in [-0.15, -0.1) is 0 Å². The Hall–Kier alpha value is -7.43. The molecule has 0 spiro atoms. The van der Waals surface area contributed by atoms with E-state index < -0.39 is 0 Å². The first-order chi connectivity index (χ1) is 27.7. The van der Waals surface area contributed by atoms with Crippen LogP contribution in [0.5, 0.6) is 0 Å². The summed E-state index contributed by atoms with van der Waals surface area (Å²) < 4.78 is 6.13. The van der Waals surface area contributed by atoms with Crippen LogP contribution in [-0.2, 0) is 6.54 Å². The van der Waals surface area contributed by atoms with Crippen LogP contribution in [0.25, 0.3) is 76.5 Å². The molecule has 10 aromatic rings. The van der Waals surface area contributed by atoms with E-state index in [2.05, 4.69) is 163 Å². The van der Waals surface area contributed by atoms with Gasteiger partial charge in [0.25, 0.3) is 0 Å². The highest BCUT2D eigenvalue weighted by Gasteiger charge is 2.13. The molecule has 56 heavy (non-hydrogen) atoms. The zero-order chi connectivity index (χ0) is 37.4. The van der Waals surface area contributed by atoms with E-state index in [1.165, 1.54) is 21.9 Å². The summed E-state index contributed by atoms with van der Waals surface area (Å²) in [5, 5.41) is 9.11. The average molecular weight is 718 g/mol. The second-order valence-corrected chi connectivity index (χ2v) is 14.1. The molecule has 0 N–H and O–H groups in total. The van der Waals surface area contributed by atoms with Crippen LogP contribution in [0.4, 0.5) is 0 Å². The van der Waals surface area contributed by atoms with Gasteiger partial charge in [0.05, 0.1) is 6.54 Å². The van der Waals surface area contributed by atoms with E-state index in [4.69, 9.17) is 14.4 Å². The number of nitrogens with zero attached hydrogens (tertiary/aromatic N) is 3. The molecule has 0 aliphatic heterocycles. The first kappa shape index (κ1) is 33.2. The quantitative estimate of drug-likeness (QED) is 0.125. The van der Waals surface area contributed by atoms with Crippen molar-refractivity contribution in [2.24, 2.45) is 15.0 Å². The van der Waals surface area contributed by atoms with E-state index in [1.807, 2.05) is 36.4 Å². The summed E-state index contributed by atoms with van der Waals surface area (Å²) >= 11 is 0.